The molecular weight excluding hydrogens is 359 g/mol. The van der Waals surface area contributed by atoms with Gasteiger partial charge in [0, 0.05) is 12.1 Å². The monoisotopic (exact) mass is 373 g/mol. The summed E-state index contributed by atoms with van der Waals surface area (Å²) < 4.78 is 42.7. The molecule has 1 amide bonds. The van der Waals surface area contributed by atoms with Crippen molar-refractivity contribution in [1.29, 1.82) is 0 Å². The minimum Gasteiger partial charge on any atom is -0.503 e. The fourth-order valence-corrected chi connectivity index (χ4v) is 2.28. The first-order valence-corrected chi connectivity index (χ1v) is 7.69. The van der Waals surface area contributed by atoms with Crippen LogP contribution in [0.25, 0.3) is 0 Å². The molecule has 2 aromatic rings. The van der Waals surface area contributed by atoms with E-state index in [1.165, 1.54) is 24.3 Å². The Morgan fingerprint density at radius 1 is 1.24 bits per heavy atom. The molecule has 0 unspecified atom stereocenters. The van der Waals surface area contributed by atoms with Crippen LogP contribution >= 0.6 is 11.6 Å². The highest BCUT2D eigenvalue weighted by Crippen LogP contribution is 2.35. The van der Waals surface area contributed by atoms with E-state index in [0.29, 0.717) is 5.56 Å². The van der Waals surface area contributed by atoms with Crippen molar-refractivity contribution in [3.63, 3.8) is 0 Å². The maximum atomic E-state index is 12.5. The number of amides is 1. The van der Waals surface area contributed by atoms with Crippen molar-refractivity contribution in [2.24, 2.45) is 0 Å². The van der Waals surface area contributed by atoms with Crippen molar-refractivity contribution in [3.05, 3.63) is 58.1 Å². The van der Waals surface area contributed by atoms with Gasteiger partial charge < -0.3 is 15.2 Å². The topological polar surface area (TPSA) is 58.6 Å². The zero-order valence-corrected chi connectivity index (χ0v) is 13.9. The maximum absolute atomic E-state index is 12.5. The number of phenolic OH excluding ortho intramolecular Hbond substituents is 1. The van der Waals surface area contributed by atoms with Gasteiger partial charge in [0.15, 0.2) is 11.5 Å². The molecule has 2 aromatic carbocycles. The Morgan fingerprint density at radius 3 is 2.44 bits per heavy atom. The Balaban J connectivity index is 2.07. The molecule has 0 aromatic heterocycles. The van der Waals surface area contributed by atoms with Gasteiger partial charge in [0.2, 0.25) is 0 Å². The second-order valence-corrected chi connectivity index (χ2v) is 5.52. The van der Waals surface area contributed by atoms with E-state index in [2.05, 4.69) is 5.32 Å². The third-order valence-electron chi connectivity index (χ3n) is 3.32. The van der Waals surface area contributed by atoms with Crippen LogP contribution in [0.3, 0.4) is 0 Å². The Bertz CT molecular complexity index is 761. The number of hydrogen-bond acceptors (Lipinski definition) is 3. The lowest BCUT2D eigenvalue weighted by Crippen LogP contribution is -2.23. The molecule has 0 saturated heterocycles. The second kappa shape index (κ2) is 7.65. The number of phenols is 1. The smallest absolute Gasteiger partial charge is 0.416 e. The summed E-state index contributed by atoms with van der Waals surface area (Å²) in [5.41, 5.74) is -0.0799. The van der Waals surface area contributed by atoms with Crippen molar-refractivity contribution in [2.45, 2.75) is 19.6 Å². The van der Waals surface area contributed by atoms with Gasteiger partial charge in [-0.05, 0) is 36.8 Å². The number of aromatic hydroxyl groups is 1. The molecule has 0 spiro atoms. The largest absolute Gasteiger partial charge is 0.503 e. The molecule has 2 rings (SSSR count). The van der Waals surface area contributed by atoms with Crippen molar-refractivity contribution in [1.82, 2.24) is 5.32 Å². The fourth-order valence-electron chi connectivity index (χ4n) is 2.07. The maximum Gasteiger partial charge on any atom is 0.416 e. The minimum atomic E-state index is -4.40. The lowest BCUT2D eigenvalue weighted by atomic mass is 10.1. The number of carbonyl (C=O) groups excluding carboxylic acids is 1. The summed E-state index contributed by atoms with van der Waals surface area (Å²) in [7, 11) is 0. The van der Waals surface area contributed by atoms with Crippen LogP contribution in [0.15, 0.2) is 36.4 Å². The van der Waals surface area contributed by atoms with Crippen LogP contribution in [0.5, 0.6) is 11.5 Å². The van der Waals surface area contributed by atoms with E-state index < -0.39 is 17.6 Å². The van der Waals surface area contributed by atoms with Gasteiger partial charge in [-0.1, -0.05) is 23.7 Å². The van der Waals surface area contributed by atoms with Crippen molar-refractivity contribution >= 4 is 17.5 Å². The van der Waals surface area contributed by atoms with E-state index >= 15 is 0 Å². The normalized spacial score (nSPS) is 11.2. The third kappa shape index (κ3) is 4.79. The van der Waals surface area contributed by atoms with Gasteiger partial charge in [0.05, 0.1) is 17.2 Å². The molecule has 0 aliphatic heterocycles. The van der Waals surface area contributed by atoms with Crippen molar-refractivity contribution in [2.75, 3.05) is 6.61 Å². The molecule has 4 nitrogen and oxygen atoms in total. The highest BCUT2D eigenvalue weighted by Gasteiger charge is 2.29. The number of rotatable bonds is 5. The number of nitrogens with one attached hydrogen (secondary N) is 1. The van der Waals surface area contributed by atoms with Crippen LogP contribution in [0.2, 0.25) is 5.02 Å². The van der Waals surface area contributed by atoms with Gasteiger partial charge in [-0.25, -0.2) is 0 Å². The molecule has 0 saturated carbocycles. The molecular formula is C17H15ClF3NO3. The zero-order chi connectivity index (χ0) is 18.6. The predicted octanol–water partition coefficient (Wildman–Crippen LogP) is 4.39. The van der Waals surface area contributed by atoms with Crippen LogP contribution in [-0.4, -0.2) is 17.6 Å². The Labute approximate surface area is 147 Å². The van der Waals surface area contributed by atoms with Gasteiger partial charge in [-0.15, -0.1) is 0 Å². The number of alkyl halides is 3. The Hall–Kier alpha value is -2.41. The minimum absolute atomic E-state index is 0.0365. The fraction of sp³-hybridized carbons (Fsp3) is 0.235. The molecule has 2 N–H and O–H groups in total. The lowest BCUT2D eigenvalue weighted by molar-refractivity contribution is -0.137. The van der Waals surface area contributed by atoms with E-state index in [9.17, 15) is 23.1 Å². The number of halogens is 4. The number of carbonyl (C=O) groups is 1. The molecule has 0 heterocycles. The molecule has 0 atom stereocenters. The molecule has 0 aliphatic carbocycles. The van der Waals surface area contributed by atoms with Gasteiger partial charge in [-0.3, -0.25) is 4.79 Å². The number of benzene rings is 2. The summed E-state index contributed by atoms with van der Waals surface area (Å²) >= 11 is 5.86. The van der Waals surface area contributed by atoms with Gasteiger partial charge in [0.1, 0.15) is 0 Å². The van der Waals surface area contributed by atoms with E-state index in [4.69, 9.17) is 16.3 Å². The highest BCUT2D eigenvalue weighted by atomic mass is 35.5. The average Bonchev–Trinajstić information content (AvgIpc) is 2.56. The summed E-state index contributed by atoms with van der Waals surface area (Å²) in [5.74, 6) is -0.680. The van der Waals surface area contributed by atoms with Crippen LogP contribution in [-0.2, 0) is 12.7 Å². The molecule has 25 heavy (non-hydrogen) atoms. The Kier molecular flexibility index (Phi) is 5.79. The number of ether oxygens (including phenoxy) is 1. The second-order valence-electron chi connectivity index (χ2n) is 5.12. The lowest BCUT2D eigenvalue weighted by Gasteiger charge is -2.11. The van der Waals surface area contributed by atoms with Gasteiger partial charge in [-0.2, -0.15) is 13.2 Å². The molecule has 8 heteroatoms. The van der Waals surface area contributed by atoms with E-state index in [1.54, 1.807) is 6.92 Å². The summed E-state index contributed by atoms with van der Waals surface area (Å²) in [6, 6.07) is 7.10. The molecule has 134 valence electrons. The standard InChI is InChI=1S/C17H15ClF3NO3/c1-2-25-14-8-11(7-13(18)15(14)23)16(24)22-9-10-3-5-12(6-4-10)17(19,20)21/h3-8,23H,2,9H2,1H3,(H,22,24). The van der Waals surface area contributed by atoms with Gasteiger partial charge in [0.25, 0.3) is 5.91 Å². The first-order chi connectivity index (χ1) is 11.7. The SMILES string of the molecule is CCOc1cc(C(=O)NCc2ccc(C(F)(F)F)cc2)cc(Cl)c1O. The first kappa shape index (κ1) is 18.9. The van der Waals surface area contributed by atoms with E-state index in [-0.39, 0.29) is 35.2 Å². The van der Waals surface area contributed by atoms with E-state index in [0.717, 1.165) is 12.1 Å². The first-order valence-electron chi connectivity index (χ1n) is 7.32. The number of hydrogen-bond donors (Lipinski definition) is 2. The van der Waals surface area contributed by atoms with Crippen molar-refractivity contribution in [3.8, 4) is 11.5 Å². The van der Waals surface area contributed by atoms with Crippen LogP contribution in [0.4, 0.5) is 13.2 Å². The quantitative estimate of drug-likeness (QED) is 0.817. The van der Waals surface area contributed by atoms with Crippen LogP contribution in [0, 0.1) is 0 Å². The molecule has 0 radical (unpaired) electrons. The Morgan fingerprint density at radius 2 is 1.88 bits per heavy atom. The van der Waals surface area contributed by atoms with Crippen molar-refractivity contribution < 1.29 is 27.8 Å². The van der Waals surface area contributed by atoms with Gasteiger partial charge >= 0.3 is 6.18 Å². The average molecular weight is 374 g/mol. The third-order valence-corrected chi connectivity index (χ3v) is 3.61. The molecule has 0 aliphatic rings. The van der Waals surface area contributed by atoms with E-state index in [1.807, 2.05) is 0 Å². The summed E-state index contributed by atoms with van der Waals surface area (Å²) in [4.78, 5) is 12.2. The molecule has 0 bridgehead atoms. The summed E-state index contributed by atoms with van der Waals surface area (Å²) in [5, 5.41) is 12.3. The van der Waals surface area contributed by atoms with Crippen LogP contribution < -0.4 is 10.1 Å². The molecule has 0 fully saturated rings. The summed E-state index contributed by atoms with van der Waals surface area (Å²) in [6.45, 7) is 2.03. The highest BCUT2D eigenvalue weighted by molar-refractivity contribution is 6.32. The van der Waals surface area contributed by atoms with Crippen LogP contribution in [0.1, 0.15) is 28.4 Å². The predicted molar refractivity (Wildman–Crippen MR) is 86.9 cm³/mol. The summed E-state index contributed by atoms with van der Waals surface area (Å²) in [6.07, 6.45) is -4.40. The zero-order valence-electron chi connectivity index (χ0n) is 13.2.